The van der Waals surface area contributed by atoms with E-state index in [1.807, 2.05) is 39.2 Å². The molecule has 4 heteroatoms. The molecule has 1 aliphatic rings. The maximum Gasteiger partial charge on any atom is 0.255 e. The molecule has 0 unspecified atom stereocenters. The number of nitrogens with one attached hydrogen (secondary N) is 1. The first kappa shape index (κ1) is 13.9. The Bertz CT molecular complexity index is 467. The van der Waals surface area contributed by atoms with Gasteiger partial charge in [-0.05, 0) is 37.8 Å². The Hall–Kier alpha value is -1.55. The Labute approximate surface area is 114 Å². The molecule has 0 heterocycles. The topological polar surface area (TPSA) is 52.6 Å². The molecule has 0 spiro atoms. The van der Waals surface area contributed by atoms with Crippen LogP contribution in [0.1, 0.15) is 28.8 Å². The minimum atomic E-state index is -0.166. The van der Waals surface area contributed by atoms with E-state index >= 15 is 0 Å². The molecule has 0 aliphatic heterocycles. The highest BCUT2D eigenvalue weighted by atomic mass is 16.3. The standard InChI is InChI=1S/C15H22N2O2/c1-10-4-5-14(16-2)13(6-10)15(19)17(3)9-11-7-12(18)8-11/h4-6,11-12,16,18H,7-9H2,1-3H3. The number of anilines is 1. The van der Waals surface area contributed by atoms with Gasteiger partial charge in [-0.3, -0.25) is 4.79 Å². The number of aliphatic hydroxyl groups excluding tert-OH is 1. The summed E-state index contributed by atoms with van der Waals surface area (Å²) >= 11 is 0. The van der Waals surface area contributed by atoms with Crippen molar-refractivity contribution in [3.8, 4) is 0 Å². The molecule has 1 aromatic rings. The van der Waals surface area contributed by atoms with E-state index in [0.29, 0.717) is 18.0 Å². The minimum absolute atomic E-state index is 0.0365. The van der Waals surface area contributed by atoms with Crippen molar-refractivity contribution in [3.63, 3.8) is 0 Å². The molecule has 1 aliphatic carbocycles. The summed E-state index contributed by atoms with van der Waals surface area (Å²) in [5.74, 6) is 0.473. The fraction of sp³-hybridized carbons (Fsp3) is 0.533. The molecule has 4 nitrogen and oxygen atoms in total. The lowest BCUT2D eigenvalue weighted by atomic mass is 9.82. The highest BCUT2D eigenvalue weighted by molar-refractivity contribution is 5.99. The quantitative estimate of drug-likeness (QED) is 0.871. The maximum absolute atomic E-state index is 12.5. The molecule has 104 valence electrons. The fourth-order valence-electron chi connectivity index (χ4n) is 2.58. The SMILES string of the molecule is CNc1ccc(C)cc1C(=O)N(C)CC1CC(O)C1. The highest BCUT2D eigenvalue weighted by Crippen LogP contribution is 2.28. The van der Waals surface area contributed by atoms with E-state index < -0.39 is 0 Å². The van der Waals surface area contributed by atoms with Crippen molar-refractivity contribution in [3.05, 3.63) is 29.3 Å². The third kappa shape index (κ3) is 3.07. The van der Waals surface area contributed by atoms with Crippen LogP contribution in [0.15, 0.2) is 18.2 Å². The van der Waals surface area contributed by atoms with Crippen LogP contribution in [0.5, 0.6) is 0 Å². The summed E-state index contributed by atoms with van der Waals surface area (Å²) in [6.45, 7) is 2.70. The van der Waals surface area contributed by atoms with E-state index in [0.717, 1.165) is 24.1 Å². The number of carbonyl (C=O) groups excluding carboxylic acids is 1. The maximum atomic E-state index is 12.5. The molecular weight excluding hydrogens is 240 g/mol. The molecular formula is C15H22N2O2. The summed E-state index contributed by atoms with van der Waals surface area (Å²) in [4.78, 5) is 14.2. The van der Waals surface area contributed by atoms with Crippen molar-refractivity contribution in [1.29, 1.82) is 0 Å². The lowest BCUT2D eigenvalue weighted by Gasteiger charge is -2.34. The molecule has 2 N–H and O–H groups in total. The molecule has 0 atom stereocenters. The lowest BCUT2D eigenvalue weighted by Crippen LogP contribution is -2.39. The fourth-order valence-corrected chi connectivity index (χ4v) is 2.58. The van der Waals surface area contributed by atoms with Crippen LogP contribution in [-0.4, -0.2) is 42.7 Å². The van der Waals surface area contributed by atoms with Gasteiger partial charge in [-0.25, -0.2) is 0 Å². The first-order valence-corrected chi connectivity index (χ1v) is 6.73. The van der Waals surface area contributed by atoms with Crippen LogP contribution in [0.25, 0.3) is 0 Å². The van der Waals surface area contributed by atoms with E-state index in [1.54, 1.807) is 4.90 Å². The smallest absolute Gasteiger partial charge is 0.255 e. The van der Waals surface area contributed by atoms with Crippen molar-refractivity contribution in [2.75, 3.05) is 26.0 Å². The molecule has 1 aromatic carbocycles. The van der Waals surface area contributed by atoms with Gasteiger partial charge in [0.2, 0.25) is 0 Å². The van der Waals surface area contributed by atoms with E-state index in [4.69, 9.17) is 0 Å². The second-order valence-electron chi connectivity index (χ2n) is 5.48. The zero-order valence-corrected chi connectivity index (χ0v) is 11.8. The van der Waals surface area contributed by atoms with E-state index in [9.17, 15) is 9.90 Å². The van der Waals surface area contributed by atoms with Gasteiger partial charge in [0.1, 0.15) is 0 Å². The second kappa shape index (κ2) is 5.61. The van der Waals surface area contributed by atoms with Crippen LogP contribution >= 0.6 is 0 Å². The second-order valence-corrected chi connectivity index (χ2v) is 5.48. The van der Waals surface area contributed by atoms with Gasteiger partial charge >= 0.3 is 0 Å². The van der Waals surface area contributed by atoms with Crippen molar-refractivity contribution in [2.45, 2.75) is 25.9 Å². The Morgan fingerprint density at radius 3 is 2.74 bits per heavy atom. The molecule has 19 heavy (non-hydrogen) atoms. The summed E-state index contributed by atoms with van der Waals surface area (Å²) in [7, 11) is 3.65. The number of hydrogen-bond donors (Lipinski definition) is 2. The van der Waals surface area contributed by atoms with Gasteiger partial charge in [0.25, 0.3) is 5.91 Å². The number of hydrogen-bond acceptors (Lipinski definition) is 3. The van der Waals surface area contributed by atoms with Crippen LogP contribution in [0.2, 0.25) is 0 Å². The molecule has 0 saturated heterocycles. The van der Waals surface area contributed by atoms with Gasteiger partial charge in [0.15, 0.2) is 0 Å². The molecule has 1 amide bonds. The summed E-state index contributed by atoms with van der Waals surface area (Å²) in [5, 5.41) is 12.4. The van der Waals surface area contributed by atoms with Crippen LogP contribution in [0.4, 0.5) is 5.69 Å². The number of carbonyl (C=O) groups is 1. The molecule has 0 radical (unpaired) electrons. The number of aliphatic hydroxyl groups is 1. The van der Waals surface area contributed by atoms with Crippen molar-refractivity contribution >= 4 is 11.6 Å². The van der Waals surface area contributed by atoms with Gasteiger partial charge in [0, 0.05) is 26.3 Å². The van der Waals surface area contributed by atoms with E-state index in [-0.39, 0.29) is 12.0 Å². The molecule has 1 fully saturated rings. The van der Waals surface area contributed by atoms with Crippen molar-refractivity contribution in [1.82, 2.24) is 4.90 Å². The zero-order valence-electron chi connectivity index (χ0n) is 11.8. The van der Waals surface area contributed by atoms with Crippen LogP contribution in [0.3, 0.4) is 0 Å². The summed E-state index contributed by atoms with van der Waals surface area (Å²) in [5.41, 5.74) is 2.65. The van der Waals surface area contributed by atoms with Crippen molar-refractivity contribution < 1.29 is 9.90 Å². The van der Waals surface area contributed by atoms with Gasteiger partial charge in [-0.15, -0.1) is 0 Å². The molecule has 0 bridgehead atoms. The van der Waals surface area contributed by atoms with Gasteiger partial charge in [-0.1, -0.05) is 11.6 Å². The number of aryl methyl sites for hydroxylation is 1. The van der Waals surface area contributed by atoms with E-state index in [1.165, 1.54) is 0 Å². The third-order valence-electron chi connectivity index (χ3n) is 3.76. The number of nitrogens with zero attached hydrogens (tertiary/aromatic N) is 1. The zero-order chi connectivity index (χ0) is 14.0. The predicted octanol–water partition coefficient (Wildman–Crippen LogP) is 1.88. The molecule has 1 saturated carbocycles. The molecule has 0 aromatic heterocycles. The number of benzene rings is 1. The van der Waals surface area contributed by atoms with Gasteiger partial charge in [0.05, 0.1) is 11.7 Å². The van der Waals surface area contributed by atoms with Crippen LogP contribution in [-0.2, 0) is 0 Å². The van der Waals surface area contributed by atoms with Crippen LogP contribution < -0.4 is 5.32 Å². The molecule has 2 rings (SSSR count). The Morgan fingerprint density at radius 1 is 1.47 bits per heavy atom. The third-order valence-corrected chi connectivity index (χ3v) is 3.76. The lowest BCUT2D eigenvalue weighted by molar-refractivity contribution is 0.0265. The van der Waals surface area contributed by atoms with Crippen LogP contribution in [0, 0.1) is 12.8 Å². The first-order chi connectivity index (χ1) is 9.01. The van der Waals surface area contributed by atoms with Gasteiger partial charge in [-0.2, -0.15) is 0 Å². The largest absolute Gasteiger partial charge is 0.393 e. The van der Waals surface area contributed by atoms with Gasteiger partial charge < -0.3 is 15.3 Å². The average molecular weight is 262 g/mol. The monoisotopic (exact) mass is 262 g/mol. The first-order valence-electron chi connectivity index (χ1n) is 6.73. The minimum Gasteiger partial charge on any atom is -0.393 e. The van der Waals surface area contributed by atoms with Crippen molar-refractivity contribution in [2.24, 2.45) is 5.92 Å². The Balaban J connectivity index is 2.07. The van der Waals surface area contributed by atoms with E-state index in [2.05, 4.69) is 5.32 Å². The number of amides is 1. The summed E-state index contributed by atoms with van der Waals surface area (Å²) < 4.78 is 0. The Morgan fingerprint density at radius 2 is 2.16 bits per heavy atom. The summed E-state index contributed by atoms with van der Waals surface area (Å²) in [6, 6.07) is 5.84. The predicted molar refractivity (Wildman–Crippen MR) is 76.4 cm³/mol. The highest BCUT2D eigenvalue weighted by Gasteiger charge is 2.29. The number of rotatable bonds is 4. The average Bonchev–Trinajstić information content (AvgIpc) is 2.35. The Kier molecular flexibility index (Phi) is 4.10. The normalized spacial score (nSPS) is 21.7. The summed E-state index contributed by atoms with van der Waals surface area (Å²) in [6.07, 6.45) is 1.45.